The highest BCUT2D eigenvalue weighted by molar-refractivity contribution is 5.79. The van der Waals surface area contributed by atoms with Crippen LogP contribution in [-0.2, 0) is 0 Å². The molecule has 0 aromatic carbocycles. The summed E-state index contributed by atoms with van der Waals surface area (Å²) in [5.74, 6) is 0.451. The molecular weight excluding hydrogens is 293 g/mol. The topological polar surface area (TPSA) is 39.7 Å². The van der Waals surface area contributed by atoms with E-state index in [-0.39, 0.29) is 6.54 Å². The highest BCUT2D eigenvalue weighted by atomic mass is 19.4. The zero-order valence-corrected chi connectivity index (χ0v) is 14.4. The van der Waals surface area contributed by atoms with E-state index >= 15 is 0 Å². The van der Waals surface area contributed by atoms with Gasteiger partial charge in [-0.2, -0.15) is 13.2 Å². The van der Waals surface area contributed by atoms with Gasteiger partial charge in [0.05, 0.1) is 6.42 Å². The van der Waals surface area contributed by atoms with Crippen LogP contribution in [0.1, 0.15) is 47.5 Å². The predicted octanol–water partition coefficient (Wildman–Crippen LogP) is 3.00. The molecule has 0 unspecified atom stereocenters. The van der Waals surface area contributed by atoms with Crippen LogP contribution in [0.25, 0.3) is 0 Å². The number of hydrogen-bond acceptors (Lipinski definition) is 2. The number of aliphatic imine (C=N–C) groups is 1. The molecular formula is C15H31F3N4. The highest BCUT2D eigenvalue weighted by Crippen LogP contribution is 2.18. The summed E-state index contributed by atoms with van der Waals surface area (Å²) in [6.45, 7) is 12.5. The van der Waals surface area contributed by atoms with E-state index in [9.17, 15) is 13.2 Å². The largest absolute Gasteiger partial charge is 0.390 e. The van der Waals surface area contributed by atoms with E-state index < -0.39 is 12.6 Å². The van der Waals surface area contributed by atoms with Crippen LogP contribution >= 0.6 is 0 Å². The molecule has 0 aliphatic rings. The van der Waals surface area contributed by atoms with Crippen LogP contribution in [0.15, 0.2) is 4.99 Å². The summed E-state index contributed by atoms with van der Waals surface area (Å²) in [5, 5.41) is 5.68. The van der Waals surface area contributed by atoms with Gasteiger partial charge >= 0.3 is 6.18 Å². The Kier molecular flexibility index (Phi) is 10.2. The van der Waals surface area contributed by atoms with E-state index in [0.717, 1.165) is 13.0 Å². The lowest BCUT2D eigenvalue weighted by molar-refractivity contribution is -0.132. The van der Waals surface area contributed by atoms with Gasteiger partial charge in [-0.1, -0.05) is 0 Å². The lowest BCUT2D eigenvalue weighted by Gasteiger charge is -2.30. The van der Waals surface area contributed by atoms with Crippen LogP contribution in [0.3, 0.4) is 0 Å². The third-order valence-corrected chi connectivity index (χ3v) is 3.22. The molecule has 0 aromatic rings. The summed E-state index contributed by atoms with van der Waals surface area (Å²) >= 11 is 0. The summed E-state index contributed by atoms with van der Waals surface area (Å²) in [5.41, 5.74) is 0. The Morgan fingerprint density at radius 1 is 1.09 bits per heavy atom. The molecule has 0 aliphatic heterocycles. The molecule has 0 saturated heterocycles. The molecule has 0 bridgehead atoms. The molecule has 0 spiro atoms. The lowest BCUT2D eigenvalue weighted by atomic mass is 10.2. The SMILES string of the molecule is CCNC(=NCCCN(C(C)C)C(C)C)NCCC(F)(F)F. The number of hydrogen-bond donors (Lipinski definition) is 2. The van der Waals surface area contributed by atoms with Crippen molar-refractivity contribution in [3.05, 3.63) is 0 Å². The van der Waals surface area contributed by atoms with Crippen LogP contribution in [-0.4, -0.2) is 55.3 Å². The molecule has 7 heteroatoms. The van der Waals surface area contributed by atoms with Gasteiger partial charge in [-0.05, 0) is 41.0 Å². The van der Waals surface area contributed by atoms with Crippen molar-refractivity contribution in [3.8, 4) is 0 Å². The first-order valence-electron chi connectivity index (χ1n) is 8.02. The van der Waals surface area contributed by atoms with Crippen LogP contribution < -0.4 is 10.6 Å². The number of alkyl halides is 3. The lowest BCUT2D eigenvalue weighted by Crippen LogP contribution is -2.39. The molecule has 0 amide bonds. The van der Waals surface area contributed by atoms with Gasteiger partial charge in [0.2, 0.25) is 0 Å². The average molecular weight is 324 g/mol. The minimum Gasteiger partial charge on any atom is -0.357 e. The quantitative estimate of drug-likeness (QED) is 0.389. The summed E-state index contributed by atoms with van der Waals surface area (Å²) in [6.07, 6.45) is -4.11. The summed E-state index contributed by atoms with van der Waals surface area (Å²) in [7, 11) is 0. The average Bonchev–Trinajstić information content (AvgIpc) is 2.35. The van der Waals surface area contributed by atoms with E-state index in [4.69, 9.17) is 0 Å². The summed E-state index contributed by atoms with van der Waals surface area (Å²) in [4.78, 5) is 6.70. The standard InChI is InChI=1S/C15H31F3N4/c1-6-19-14(21-10-8-15(16,17)18)20-9-7-11-22(12(2)3)13(4)5/h12-13H,6-11H2,1-5H3,(H2,19,20,21). The second-order valence-electron chi connectivity index (χ2n) is 5.83. The van der Waals surface area contributed by atoms with Crippen LogP contribution in [0.4, 0.5) is 13.2 Å². The van der Waals surface area contributed by atoms with Gasteiger partial charge in [-0.3, -0.25) is 9.89 Å². The second kappa shape index (κ2) is 10.7. The van der Waals surface area contributed by atoms with Gasteiger partial charge in [-0.25, -0.2) is 0 Å². The van der Waals surface area contributed by atoms with Crippen LogP contribution in [0.5, 0.6) is 0 Å². The minimum absolute atomic E-state index is 0.153. The third-order valence-electron chi connectivity index (χ3n) is 3.22. The summed E-state index contributed by atoms with van der Waals surface area (Å²) < 4.78 is 36.4. The van der Waals surface area contributed by atoms with Crippen molar-refractivity contribution in [1.29, 1.82) is 0 Å². The Balaban J connectivity index is 4.21. The molecule has 0 rings (SSSR count). The van der Waals surface area contributed by atoms with Crippen molar-refractivity contribution >= 4 is 5.96 Å². The molecule has 0 fully saturated rings. The van der Waals surface area contributed by atoms with Crippen LogP contribution in [0, 0.1) is 0 Å². The van der Waals surface area contributed by atoms with Gasteiger partial charge in [0.1, 0.15) is 0 Å². The number of nitrogens with zero attached hydrogens (tertiary/aromatic N) is 2. The van der Waals surface area contributed by atoms with Crippen molar-refractivity contribution in [2.24, 2.45) is 4.99 Å². The molecule has 0 radical (unpaired) electrons. The molecule has 0 aromatic heterocycles. The van der Waals surface area contributed by atoms with E-state index in [0.29, 0.717) is 31.1 Å². The maximum absolute atomic E-state index is 12.1. The van der Waals surface area contributed by atoms with Gasteiger partial charge in [-0.15, -0.1) is 0 Å². The Hall–Kier alpha value is -0.980. The normalized spacial score (nSPS) is 13.3. The molecule has 0 atom stereocenters. The molecule has 0 heterocycles. The maximum atomic E-state index is 12.1. The van der Waals surface area contributed by atoms with E-state index in [1.807, 2.05) is 6.92 Å². The van der Waals surface area contributed by atoms with Gasteiger partial charge in [0, 0.05) is 38.3 Å². The van der Waals surface area contributed by atoms with Crippen molar-refractivity contribution < 1.29 is 13.2 Å². The zero-order valence-electron chi connectivity index (χ0n) is 14.4. The first-order valence-corrected chi connectivity index (χ1v) is 8.02. The Morgan fingerprint density at radius 3 is 2.14 bits per heavy atom. The smallest absolute Gasteiger partial charge is 0.357 e. The number of rotatable bonds is 9. The van der Waals surface area contributed by atoms with Crippen molar-refractivity contribution in [3.63, 3.8) is 0 Å². The Morgan fingerprint density at radius 2 is 1.68 bits per heavy atom. The van der Waals surface area contributed by atoms with E-state index in [1.54, 1.807) is 0 Å². The Bertz CT molecular complexity index is 306. The van der Waals surface area contributed by atoms with Gasteiger partial charge in [0.15, 0.2) is 5.96 Å². The monoisotopic (exact) mass is 324 g/mol. The number of guanidine groups is 1. The van der Waals surface area contributed by atoms with Crippen molar-refractivity contribution in [2.75, 3.05) is 26.2 Å². The second-order valence-corrected chi connectivity index (χ2v) is 5.83. The maximum Gasteiger partial charge on any atom is 0.390 e. The predicted molar refractivity (Wildman–Crippen MR) is 86.2 cm³/mol. The Labute approximate surface area is 132 Å². The minimum atomic E-state index is -4.14. The van der Waals surface area contributed by atoms with E-state index in [1.165, 1.54) is 0 Å². The van der Waals surface area contributed by atoms with E-state index in [2.05, 4.69) is 48.2 Å². The zero-order chi connectivity index (χ0) is 17.2. The molecule has 132 valence electrons. The highest BCUT2D eigenvalue weighted by Gasteiger charge is 2.26. The molecule has 0 saturated carbocycles. The number of halogens is 3. The number of nitrogens with one attached hydrogen (secondary N) is 2. The molecule has 2 N–H and O–H groups in total. The fourth-order valence-corrected chi connectivity index (χ4v) is 2.22. The fourth-order valence-electron chi connectivity index (χ4n) is 2.22. The summed E-state index contributed by atoms with van der Waals surface area (Å²) in [6, 6.07) is 0.948. The fraction of sp³-hybridized carbons (Fsp3) is 0.933. The first kappa shape index (κ1) is 21.0. The van der Waals surface area contributed by atoms with Gasteiger partial charge < -0.3 is 10.6 Å². The van der Waals surface area contributed by atoms with Gasteiger partial charge in [0.25, 0.3) is 0 Å². The molecule has 4 nitrogen and oxygen atoms in total. The first-order chi connectivity index (χ1) is 10.2. The third kappa shape index (κ3) is 10.7. The van der Waals surface area contributed by atoms with Crippen molar-refractivity contribution in [2.45, 2.75) is 65.7 Å². The molecule has 22 heavy (non-hydrogen) atoms. The van der Waals surface area contributed by atoms with Crippen molar-refractivity contribution in [1.82, 2.24) is 15.5 Å². The molecule has 0 aliphatic carbocycles. The van der Waals surface area contributed by atoms with Crippen LogP contribution in [0.2, 0.25) is 0 Å².